The van der Waals surface area contributed by atoms with Gasteiger partial charge in [-0.3, -0.25) is 14.9 Å². The number of hydrogen-bond donors (Lipinski definition) is 3. The fourth-order valence-corrected chi connectivity index (χ4v) is 5.56. The summed E-state index contributed by atoms with van der Waals surface area (Å²) in [6.07, 6.45) is 6.47. The highest BCUT2D eigenvalue weighted by atomic mass is 16.5. The molecule has 0 aliphatic heterocycles. The van der Waals surface area contributed by atoms with E-state index in [4.69, 9.17) is 4.74 Å². The van der Waals surface area contributed by atoms with E-state index >= 15 is 0 Å². The van der Waals surface area contributed by atoms with Crippen molar-refractivity contribution in [1.82, 2.24) is 16.0 Å². The minimum absolute atomic E-state index is 0.0569. The maximum Gasteiger partial charge on any atom is 0.328 e. The van der Waals surface area contributed by atoms with E-state index in [9.17, 15) is 19.2 Å². The zero-order valence-electron chi connectivity index (χ0n) is 17.6. The lowest BCUT2D eigenvalue weighted by molar-refractivity contribution is -0.155. The molecule has 4 aliphatic carbocycles. The van der Waals surface area contributed by atoms with Gasteiger partial charge >= 0.3 is 12.0 Å². The molecule has 4 saturated carbocycles. The summed E-state index contributed by atoms with van der Waals surface area (Å²) >= 11 is 0. The second-order valence-corrected chi connectivity index (χ2v) is 9.65. The molecule has 1 atom stereocenters. The minimum atomic E-state index is -0.835. The first-order valence-electron chi connectivity index (χ1n) is 10.7. The van der Waals surface area contributed by atoms with Crippen LogP contribution in [-0.2, 0) is 19.1 Å². The van der Waals surface area contributed by atoms with Crippen LogP contribution in [0.15, 0.2) is 0 Å². The molecule has 0 saturated heterocycles. The molecule has 0 spiro atoms. The molecule has 8 nitrogen and oxygen atoms in total. The van der Waals surface area contributed by atoms with Crippen LogP contribution in [0.1, 0.15) is 59.3 Å². The van der Waals surface area contributed by atoms with Crippen molar-refractivity contribution < 1.29 is 23.9 Å². The first-order valence-corrected chi connectivity index (χ1v) is 10.7. The highest BCUT2D eigenvalue weighted by Gasteiger charge is 2.54. The van der Waals surface area contributed by atoms with Crippen molar-refractivity contribution in [3.05, 3.63) is 0 Å². The van der Waals surface area contributed by atoms with Crippen LogP contribution in [-0.4, -0.2) is 43.0 Å². The first-order chi connectivity index (χ1) is 13.7. The van der Waals surface area contributed by atoms with Crippen LogP contribution in [0.25, 0.3) is 0 Å². The maximum absolute atomic E-state index is 13.0. The summed E-state index contributed by atoms with van der Waals surface area (Å²) in [4.78, 5) is 48.5. The monoisotopic (exact) mass is 407 g/mol. The third kappa shape index (κ3) is 5.28. The normalized spacial score (nSPS) is 30.6. The van der Waals surface area contributed by atoms with Gasteiger partial charge in [-0.25, -0.2) is 9.59 Å². The minimum Gasteiger partial charge on any atom is -0.454 e. The smallest absolute Gasteiger partial charge is 0.328 e. The van der Waals surface area contributed by atoms with Crippen molar-refractivity contribution in [2.24, 2.45) is 29.1 Å². The topological polar surface area (TPSA) is 114 Å². The van der Waals surface area contributed by atoms with Crippen LogP contribution in [0, 0.1) is 29.1 Å². The van der Waals surface area contributed by atoms with Gasteiger partial charge < -0.3 is 15.4 Å². The maximum atomic E-state index is 13.0. The summed E-state index contributed by atoms with van der Waals surface area (Å²) in [5, 5.41) is 7.46. The molecule has 0 aromatic heterocycles. The number of carbonyl (C=O) groups is 4. The molecule has 0 radical (unpaired) electrons. The van der Waals surface area contributed by atoms with E-state index < -0.39 is 30.6 Å². The summed E-state index contributed by atoms with van der Waals surface area (Å²) in [6.45, 7) is 5.30. The molecular weight excluding hydrogens is 374 g/mol. The van der Waals surface area contributed by atoms with Gasteiger partial charge in [0.25, 0.3) is 5.91 Å². The molecule has 3 N–H and O–H groups in total. The predicted molar refractivity (Wildman–Crippen MR) is 106 cm³/mol. The van der Waals surface area contributed by atoms with E-state index in [1.54, 1.807) is 6.92 Å². The Morgan fingerprint density at radius 1 is 0.966 bits per heavy atom. The van der Waals surface area contributed by atoms with Gasteiger partial charge in [0.05, 0.1) is 0 Å². The Balaban J connectivity index is 1.42. The number of amides is 4. The van der Waals surface area contributed by atoms with Gasteiger partial charge in [-0.05, 0) is 69.1 Å². The van der Waals surface area contributed by atoms with Crippen molar-refractivity contribution in [1.29, 1.82) is 0 Å². The van der Waals surface area contributed by atoms with Crippen molar-refractivity contribution in [2.75, 3.05) is 13.2 Å². The zero-order chi connectivity index (χ0) is 21.2. The molecule has 0 aromatic rings. The Morgan fingerprint density at radius 3 is 2.03 bits per heavy atom. The highest BCUT2D eigenvalue weighted by molar-refractivity contribution is 5.96. The van der Waals surface area contributed by atoms with Crippen LogP contribution < -0.4 is 16.0 Å². The summed E-state index contributed by atoms with van der Waals surface area (Å²) in [6, 6.07) is -1.46. The van der Waals surface area contributed by atoms with Crippen LogP contribution in [0.5, 0.6) is 0 Å². The Kier molecular flexibility index (Phi) is 6.49. The molecule has 29 heavy (non-hydrogen) atoms. The fourth-order valence-electron chi connectivity index (χ4n) is 5.56. The second-order valence-electron chi connectivity index (χ2n) is 9.65. The van der Waals surface area contributed by atoms with Crippen molar-refractivity contribution in [3.63, 3.8) is 0 Å². The third-order valence-electron chi connectivity index (χ3n) is 6.49. The molecule has 4 rings (SSSR count). The molecule has 4 amide bonds. The van der Waals surface area contributed by atoms with Crippen LogP contribution in [0.2, 0.25) is 0 Å². The standard InChI is InChI=1S/C21H33N3O5/c1-12(2)10-22-20(28)24-17(25)11-29-18(26)13(3)23-19(27)21-7-14-4-15(8-21)6-16(5-14)9-21/h12-16H,4-11H2,1-3H3,(H,23,27)(H2,22,24,25,28)/t13-,14?,15?,16?,21?/m0/s1. The van der Waals surface area contributed by atoms with Gasteiger partial charge in [0.15, 0.2) is 6.61 Å². The fraction of sp³-hybridized carbons (Fsp3) is 0.810. The SMILES string of the molecule is CC(C)CNC(=O)NC(=O)COC(=O)[C@H](C)NC(=O)C12CC3CC(CC(C3)C1)C2. The van der Waals surface area contributed by atoms with E-state index in [2.05, 4.69) is 16.0 Å². The number of ether oxygens (including phenoxy) is 1. The van der Waals surface area contributed by atoms with Gasteiger partial charge in [-0.1, -0.05) is 13.8 Å². The van der Waals surface area contributed by atoms with Gasteiger partial charge in [0.2, 0.25) is 5.91 Å². The quantitative estimate of drug-likeness (QED) is 0.556. The highest BCUT2D eigenvalue weighted by Crippen LogP contribution is 2.60. The first kappa shape index (κ1) is 21.6. The third-order valence-corrected chi connectivity index (χ3v) is 6.49. The lowest BCUT2D eigenvalue weighted by Crippen LogP contribution is -2.56. The van der Waals surface area contributed by atoms with Gasteiger partial charge in [-0.2, -0.15) is 0 Å². The van der Waals surface area contributed by atoms with E-state index in [0.29, 0.717) is 24.3 Å². The largest absolute Gasteiger partial charge is 0.454 e. The van der Waals surface area contributed by atoms with E-state index in [1.165, 1.54) is 19.3 Å². The summed E-state index contributed by atoms with van der Waals surface area (Å²) in [7, 11) is 0. The van der Waals surface area contributed by atoms with Crippen molar-refractivity contribution in [2.45, 2.75) is 65.3 Å². The molecule has 162 valence electrons. The molecule has 4 aliphatic rings. The van der Waals surface area contributed by atoms with Gasteiger partial charge in [0.1, 0.15) is 6.04 Å². The zero-order valence-corrected chi connectivity index (χ0v) is 17.6. The van der Waals surface area contributed by atoms with Crippen LogP contribution in [0.4, 0.5) is 4.79 Å². The lowest BCUT2D eigenvalue weighted by atomic mass is 9.49. The number of imide groups is 1. The molecule has 4 fully saturated rings. The number of hydrogen-bond acceptors (Lipinski definition) is 5. The predicted octanol–water partition coefficient (Wildman–Crippen LogP) is 1.73. The number of nitrogens with one attached hydrogen (secondary N) is 3. The molecule has 8 heteroatoms. The van der Waals surface area contributed by atoms with Crippen molar-refractivity contribution in [3.8, 4) is 0 Å². The molecule has 4 bridgehead atoms. The summed E-state index contributed by atoms with van der Waals surface area (Å²) < 4.78 is 4.97. The Morgan fingerprint density at radius 2 is 1.52 bits per heavy atom. The molecule has 0 heterocycles. The average Bonchev–Trinajstić information content (AvgIpc) is 2.63. The molecular formula is C21H33N3O5. The average molecular weight is 408 g/mol. The number of esters is 1. The van der Waals surface area contributed by atoms with E-state index in [1.807, 2.05) is 13.8 Å². The summed E-state index contributed by atoms with van der Waals surface area (Å²) in [5.74, 6) is 0.727. The summed E-state index contributed by atoms with van der Waals surface area (Å²) in [5.41, 5.74) is -0.338. The van der Waals surface area contributed by atoms with Crippen LogP contribution >= 0.6 is 0 Å². The second kappa shape index (κ2) is 8.71. The van der Waals surface area contributed by atoms with E-state index in [-0.39, 0.29) is 17.2 Å². The Hall–Kier alpha value is -2.12. The number of urea groups is 1. The number of rotatable bonds is 7. The Labute approximate surface area is 171 Å². The molecule has 0 unspecified atom stereocenters. The molecule has 0 aromatic carbocycles. The van der Waals surface area contributed by atoms with Gasteiger partial charge in [0, 0.05) is 12.0 Å². The lowest BCUT2D eigenvalue weighted by Gasteiger charge is -2.55. The van der Waals surface area contributed by atoms with Gasteiger partial charge in [-0.15, -0.1) is 0 Å². The Bertz CT molecular complexity index is 640. The van der Waals surface area contributed by atoms with E-state index in [0.717, 1.165) is 19.3 Å². The van der Waals surface area contributed by atoms with Crippen molar-refractivity contribution >= 4 is 23.8 Å². The number of carbonyl (C=O) groups excluding carboxylic acids is 4. The van der Waals surface area contributed by atoms with Crippen LogP contribution in [0.3, 0.4) is 0 Å².